The predicted octanol–water partition coefficient (Wildman–Crippen LogP) is 4.09. The van der Waals surface area contributed by atoms with Crippen LogP contribution in [0.2, 0.25) is 0 Å². The first-order chi connectivity index (χ1) is 9.10. The van der Waals surface area contributed by atoms with Gasteiger partial charge in [-0.15, -0.1) is 0 Å². The van der Waals surface area contributed by atoms with Gasteiger partial charge in [-0.1, -0.05) is 18.2 Å². The second kappa shape index (κ2) is 5.65. The summed E-state index contributed by atoms with van der Waals surface area (Å²) in [6, 6.07) is 12.0. The minimum absolute atomic E-state index is 0.0679. The molecule has 3 heteroatoms. The lowest BCUT2D eigenvalue weighted by molar-refractivity contribution is 0.112. The van der Waals surface area contributed by atoms with Crippen molar-refractivity contribution in [2.75, 3.05) is 0 Å². The number of hydrogen-bond donors (Lipinski definition) is 0. The summed E-state index contributed by atoms with van der Waals surface area (Å²) in [6.45, 7) is 3.90. The zero-order valence-corrected chi connectivity index (χ0v) is 10.9. The zero-order chi connectivity index (χ0) is 13.8. The van der Waals surface area contributed by atoms with Crippen LogP contribution in [0.3, 0.4) is 0 Å². The van der Waals surface area contributed by atoms with Crippen molar-refractivity contribution in [2.45, 2.75) is 20.0 Å². The van der Waals surface area contributed by atoms with E-state index in [1.807, 2.05) is 38.1 Å². The lowest BCUT2D eigenvalue weighted by Gasteiger charge is -2.11. The van der Waals surface area contributed by atoms with E-state index in [9.17, 15) is 9.18 Å². The third kappa shape index (κ3) is 3.19. The lowest BCUT2D eigenvalue weighted by atomic mass is 10.0. The Morgan fingerprint density at radius 3 is 2.47 bits per heavy atom. The molecule has 0 aliphatic heterocycles. The Hall–Kier alpha value is -2.16. The van der Waals surface area contributed by atoms with Gasteiger partial charge in [-0.25, -0.2) is 4.39 Å². The molecule has 0 radical (unpaired) electrons. The highest BCUT2D eigenvalue weighted by atomic mass is 19.1. The van der Waals surface area contributed by atoms with E-state index in [1.165, 1.54) is 12.1 Å². The highest BCUT2D eigenvalue weighted by molar-refractivity contribution is 5.77. The van der Waals surface area contributed by atoms with E-state index >= 15 is 0 Å². The lowest BCUT2D eigenvalue weighted by Crippen LogP contribution is -2.05. The van der Waals surface area contributed by atoms with E-state index in [-0.39, 0.29) is 11.7 Å². The van der Waals surface area contributed by atoms with Crippen LogP contribution in [0.5, 0.6) is 5.75 Å². The Morgan fingerprint density at radius 1 is 1.11 bits per heavy atom. The van der Waals surface area contributed by atoms with Crippen LogP contribution in [0.25, 0.3) is 11.1 Å². The van der Waals surface area contributed by atoms with Crippen molar-refractivity contribution < 1.29 is 13.9 Å². The summed E-state index contributed by atoms with van der Waals surface area (Å²) in [6.07, 6.45) is 0.599. The van der Waals surface area contributed by atoms with Crippen LogP contribution in [-0.2, 0) is 0 Å². The monoisotopic (exact) mass is 258 g/mol. The average molecular weight is 258 g/mol. The third-order valence-electron chi connectivity index (χ3n) is 2.67. The van der Waals surface area contributed by atoms with Crippen molar-refractivity contribution in [3.05, 3.63) is 53.8 Å². The Labute approximate surface area is 111 Å². The van der Waals surface area contributed by atoms with Gasteiger partial charge in [-0.2, -0.15) is 0 Å². The van der Waals surface area contributed by atoms with Gasteiger partial charge in [-0.3, -0.25) is 4.79 Å². The molecule has 0 saturated heterocycles. The molecule has 0 heterocycles. The third-order valence-corrected chi connectivity index (χ3v) is 2.67. The Morgan fingerprint density at radius 2 is 1.84 bits per heavy atom. The molecule has 0 aromatic heterocycles. The van der Waals surface area contributed by atoms with E-state index < -0.39 is 5.82 Å². The summed E-state index contributed by atoms with van der Waals surface area (Å²) in [4.78, 5) is 10.6. The molecule has 2 aromatic rings. The van der Waals surface area contributed by atoms with Gasteiger partial charge in [-0.05, 0) is 49.2 Å². The van der Waals surface area contributed by atoms with Crippen LogP contribution in [0.1, 0.15) is 24.2 Å². The quantitative estimate of drug-likeness (QED) is 0.772. The summed E-state index contributed by atoms with van der Waals surface area (Å²) >= 11 is 0. The van der Waals surface area contributed by atoms with Crippen LogP contribution in [0.4, 0.5) is 4.39 Å². The smallest absolute Gasteiger partial charge is 0.152 e. The molecule has 19 heavy (non-hydrogen) atoms. The molecule has 0 N–H and O–H groups in total. The van der Waals surface area contributed by atoms with Crippen molar-refractivity contribution in [3.8, 4) is 16.9 Å². The maximum Gasteiger partial charge on any atom is 0.152 e. The van der Waals surface area contributed by atoms with Crippen LogP contribution in [0, 0.1) is 5.82 Å². The molecule has 0 aliphatic carbocycles. The molecule has 2 rings (SSSR count). The standard InChI is InChI=1S/C16H15FO2/c1-11(2)19-15-5-3-4-12(8-15)13-6-7-14(10-18)16(17)9-13/h3-11H,1-2H3. The largest absolute Gasteiger partial charge is 0.491 e. The van der Waals surface area contributed by atoms with Crippen molar-refractivity contribution in [1.29, 1.82) is 0 Å². The molecule has 2 nitrogen and oxygen atoms in total. The fourth-order valence-electron chi connectivity index (χ4n) is 1.82. The minimum Gasteiger partial charge on any atom is -0.491 e. The number of benzene rings is 2. The first-order valence-electron chi connectivity index (χ1n) is 6.12. The molecular weight excluding hydrogens is 243 g/mol. The molecule has 0 unspecified atom stereocenters. The predicted molar refractivity (Wildman–Crippen MR) is 73.0 cm³/mol. The van der Waals surface area contributed by atoms with Crippen molar-refractivity contribution in [3.63, 3.8) is 0 Å². The summed E-state index contributed by atoms with van der Waals surface area (Å²) in [5.74, 6) is 0.232. The summed E-state index contributed by atoms with van der Waals surface area (Å²) in [7, 11) is 0. The Bertz CT molecular complexity index is 591. The molecule has 0 bridgehead atoms. The fourth-order valence-corrected chi connectivity index (χ4v) is 1.82. The van der Waals surface area contributed by atoms with Crippen LogP contribution in [0.15, 0.2) is 42.5 Å². The summed E-state index contributed by atoms with van der Waals surface area (Å²) in [5, 5.41) is 0. The summed E-state index contributed by atoms with van der Waals surface area (Å²) in [5.41, 5.74) is 1.64. The van der Waals surface area contributed by atoms with E-state index in [0.29, 0.717) is 6.29 Å². The van der Waals surface area contributed by atoms with Crippen molar-refractivity contribution in [2.24, 2.45) is 0 Å². The highest BCUT2D eigenvalue weighted by Gasteiger charge is 2.06. The van der Waals surface area contributed by atoms with Crippen LogP contribution in [-0.4, -0.2) is 12.4 Å². The second-order valence-electron chi connectivity index (χ2n) is 4.55. The Kier molecular flexibility index (Phi) is 3.95. The van der Waals surface area contributed by atoms with Gasteiger partial charge < -0.3 is 4.74 Å². The number of ether oxygens (including phenoxy) is 1. The SMILES string of the molecule is CC(C)Oc1cccc(-c2ccc(C=O)c(F)c2)c1. The minimum atomic E-state index is -0.511. The van der Waals surface area contributed by atoms with E-state index in [0.717, 1.165) is 16.9 Å². The van der Waals surface area contributed by atoms with Gasteiger partial charge >= 0.3 is 0 Å². The first kappa shape index (κ1) is 13.3. The zero-order valence-electron chi connectivity index (χ0n) is 10.9. The normalized spacial score (nSPS) is 10.5. The first-order valence-corrected chi connectivity index (χ1v) is 6.12. The topological polar surface area (TPSA) is 26.3 Å². The maximum absolute atomic E-state index is 13.6. The second-order valence-corrected chi connectivity index (χ2v) is 4.55. The van der Waals surface area contributed by atoms with E-state index in [2.05, 4.69) is 0 Å². The molecule has 0 spiro atoms. The molecule has 0 aliphatic rings. The number of rotatable bonds is 4. The van der Waals surface area contributed by atoms with Gasteiger partial charge in [0, 0.05) is 0 Å². The van der Waals surface area contributed by atoms with Crippen LogP contribution < -0.4 is 4.74 Å². The van der Waals surface area contributed by atoms with E-state index in [1.54, 1.807) is 6.07 Å². The average Bonchev–Trinajstić information content (AvgIpc) is 2.38. The van der Waals surface area contributed by atoms with E-state index in [4.69, 9.17) is 4.74 Å². The number of carbonyl (C=O) groups is 1. The van der Waals surface area contributed by atoms with Gasteiger partial charge in [0.1, 0.15) is 11.6 Å². The number of carbonyl (C=O) groups excluding carboxylic acids is 1. The van der Waals surface area contributed by atoms with Crippen molar-refractivity contribution in [1.82, 2.24) is 0 Å². The molecule has 0 saturated carbocycles. The van der Waals surface area contributed by atoms with Gasteiger partial charge in [0.25, 0.3) is 0 Å². The number of aldehydes is 1. The summed E-state index contributed by atoms with van der Waals surface area (Å²) < 4.78 is 19.2. The number of halogens is 1. The maximum atomic E-state index is 13.6. The van der Waals surface area contributed by atoms with Crippen LogP contribution >= 0.6 is 0 Å². The molecule has 0 fully saturated rings. The van der Waals surface area contributed by atoms with Gasteiger partial charge in [0.15, 0.2) is 6.29 Å². The molecule has 98 valence electrons. The molecular formula is C16H15FO2. The molecule has 0 atom stereocenters. The highest BCUT2D eigenvalue weighted by Crippen LogP contribution is 2.25. The van der Waals surface area contributed by atoms with Gasteiger partial charge in [0.05, 0.1) is 11.7 Å². The molecule has 2 aromatic carbocycles. The molecule has 0 amide bonds. The van der Waals surface area contributed by atoms with Gasteiger partial charge in [0.2, 0.25) is 0 Å². The fraction of sp³-hybridized carbons (Fsp3) is 0.188. The van der Waals surface area contributed by atoms with Crippen molar-refractivity contribution >= 4 is 6.29 Å². The Balaban J connectivity index is 2.36. The number of hydrogen-bond acceptors (Lipinski definition) is 2.